The molecule has 0 atom stereocenters. The normalized spacial score (nSPS) is 7.71. The first-order valence-corrected chi connectivity index (χ1v) is 14.3. The summed E-state index contributed by atoms with van der Waals surface area (Å²) in [4.78, 5) is 0. The van der Waals surface area contributed by atoms with Gasteiger partial charge in [0.15, 0.2) is 0 Å². The van der Waals surface area contributed by atoms with E-state index in [1.807, 2.05) is 0 Å². The summed E-state index contributed by atoms with van der Waals surface area (Å²) >= 11 is 2.62. The van der Waals surface area contributed by atoms with E-state index in [1.165, 1.54) is 12.8 Å². The zero-order valence-corrected chi connectivity index (χ0v) is 10.0. The molecule has 0 aliphatic rings. The van der Waals surface area contributed by atoms with Gasteiger partial charge in [-0.25, -0.2) is 0 Å². The monoisotopic (exact) mass is 323 g/mol. The van der Waals surface area contributed by atoms with Gasteiger partial charge in [-0.15, -0.1) is 0 Å². The maximum absolute atomic E-state index is 2.60. The number of rotatable bonds is 3. The van der Waals surface area contributed by atoms with E-state index in [-0.39, 0.29) is 22.7 Å². The molecule has 0 aromatic carbocycles. The van der Waals surface area contributed by atoms with Gasteiger partial charge in [0, 0.05) is 0 Å². The summed E-state index contributed by atoms with van der Waals surface area (Å²) in [5.41, 5.74) is 0. The fourth-order valence-electron chi connectivity index (χ4n) is 0.281. The predicted octanol–water partition coefficient (Wildman–Crippen LogP) is 1.17. The average molecular weight is 322 g/mol. The molecule has 0 aliphatic carbocycles. The first-order valence-electron chi connectivity index (χ1n) is 2.33. The molecule has 0 heterocycles. The molecule has 0 unspecified atom stereocenters. The summed E-state index contributed by atoms with van der Waals surface area (Å²) in [6.45, 7) is 2.26. The molecule has 0 fully saturated rings. The van der Waals surface area contributed by atoms with Crippen molar-refractivity contribution < 1.29 is 5.48 Å². The van der Waals surface area contributed by atoms with Crippen molar-refractivity contribution in [3.05, 3.63) is 0 Å². The van der Waals surface area contributed by atoms with E-state index in [0.717, 1.165) is 0 Å². The maximum atomic E-state index is 2.60. The third kappa shape index (κ3) is 11.2. The van der Waals surface area contributed by atoms with Crippen LogP contribution in [-0.2, 0) is 0 Å². The van der Waals surface area contributed by atoms with Crippen molar-refractivity contribution in [1.82, 2.24) is 0 Å². The SMILES string of the molecule is CCC[CH2][SnH][I].O. The van der Waals surface area contributed by atoms with E-state index < -0.39 is 0 Å². The van der Waals surface area contributed by atoms with Crippen molar-refractivity contribution in [3.63, 3.8) is 0 Å². The average Bonchev–Trinajstić information content (AvgIpc) is 1.61. The standard InChI is InChI=1S/C4H9.HI.H2O.Sn.H/c1-3-4-2;;;;/h1,3-4H2,2H3;1H;1H2;;/q;;;+1;/p-1. The Morgan fingerprint density at radius 3 is 2.29 bits per heavy atom. The van der Waals surface area contributed by atoms with Crippen LogP contribution >= 0.6 is 18.6 Å². The van der Waals surface area contributed by atoms with E-state index in [1.54, 1.807) is 4.44 Å². The smallest absolute Gasteiger partial charge is 0.412 e. The van der Waals surface area contributed by atoms with Crippen LogP contribution in [-0.4, -0.2) is 22.7 Å². The zero-order chi connectivity index (χ0) is 4.83. The van der Waals surface area contributed by atoms with Gasteiger partial charge >= 0.3 is 60.0 Å². The molecule has 1 radical (unpaired) electrons. The summed E-state index contributed by atoms with van der Waals surface area (Å²) in [5.74, 6) is 0. The molecule has 0 spiro atoms. The molecule has 7 heavy (non-hydrogen) atoms. The maximum Gasteiger partial charge on any atom is -0.412 e. The Morgan fingerprint density at radius 2 is 2.14 bits per heavy atom. The molecular formula is C4H12IOSn. The van der Waals surface area contributed by atoms with Gasteiger partial charge in [-0.2, -0.15) is 0 Å². The second-order valence-corrected chi connectivity index (χ2v) is 9.73. The summed E-state index contributed by atoms with van der Waals surface area (Å²) in [6.07, 6.45) is 2.89. The summed E-state index contributed by atoms with van der Waals surface area (Å²) in [5, 5.41) is 0. The van der Waals surface area contributed by atoms with Crippen molar-refractivity contribution in [2.45, 2.75) is 24.2 Å². The van der Waals surface area contributed by atoms with E-state index >= 15 is 0 Å². The third-order valence-electron chi connectivity index (χ3n) is 0.667. The third-order valence-corrected chi connectivity index (χ3v) is 6.63. The minimum Gasteiger partial charge on any atom is -0.412 e. The van der Waals surface area contributed by atoms with Gasteiger partial charge in [0.2, 0.25) is 0 Å². The van der Waals surface area contributed by atoms with Gasteiger partial charge in [0.25, 0.3) is 0 Å². The molecule has 0 bridgehead atoms. The van der Waals surface area contributed by atoms with Crippen molar-refractivity contribution in [2.24, 2.45) is 0 Å². The molecule has 1 nitrogen and oxygen atoms in total. The molecule has 0 amide bonds. The number of halogens is 1. The fourth-order valence-corrected chi connectivity index (χ4v) is 4.84. The van der Waals surface area contributed by atoms with Crippen molar-refractivity contribution in [3.8, 4) is 0 Å². The van der Waals surface area contributed by atoms with Gasteiger partial charge in [-0.3, -0.25) is 0 Å². The Kier molecular flexibility index (Phi) is 16.9. The van der Waals surface area contributed by atoms with Crippen molar-refractivity contribution in [1.29, 1.82) is 0 Å². The Balaban J connectivity index is 0. The van der Waals surface area contributed by atoms with Crippen LogP contribution in [0, 0.1) is 0 Å². The van der Waals surface area contributed by atoms with Gasteiger partial charge < -0.3 is 5.48 Å². The first kappa shape index (κ1) is 11.3. The number of hydrogen-bond donors (Lipinski definition) is 0. The molecule has 45 valence electrons. The van der Waals surface area contributed by atoms with Crippen LogP contribution in [0.3, 0.4) is 0 Å². The molecule has 0 aliphatic heterocycles. The molecule has 0 aromatic heterocycles. The van der Waals surface area contributed by atoms with E-state index in [2.05, 4.69) is 25.6 Å². The number of unbranched alkanes of at least 4 members (excludes halogenated alkanes) is 1. The minimum absolute atomic E-state index is 0. The van der Waals surface area contributed by atoms with E-state index in [4.69, 9.17) is 0 Å². The van der Waals surface area contributed by atoms with E-state index in [0.29, 0.717) is 0 Å². The minimum atomic E-state index is 0. The Morgan fingerprint density at radius 1 is 1.57 bits per heavy atom. The largest absolute Gasteiger partial charge is 0.412 e. The second kappa shape index (κ2) is 10.5. The van der Waals surface area contributed by atoms with Crippen LogP contribution in [0.1, 0.15) is 19.8 Å². The van der Waals surface area contributed by atoms with Crippen molar-refractivity contribution >= 4 is 35.8 Å². The molecule has 2 N–H and O–H groups in total. The summed E-state index contributed by atoms with van der Waals surface area (Å²) in [6, 6.07) is 0. The first-order chi connectivity index (χ1) is 2.91. The van der Waals surface area contributed by atoms with Crippen LogP contribution in [0.2, 0.25) is 4.44 Å². The van der Waals surface area contributed by atoms with Crippen LogP contribution in [0.4, 0.5) is 0 Å². The molecule has 0 aromatic rings. The van der Waals surface area contributed by atoms with E-state index in [9.17, 15) is 0 Å². The van der Waals surface area contributed by atoms with Crippen molar-refractivity contribution in [2.75, 3.05) is 0 Å². The van der Waals surface area contributed by atoms with Crippen LogP contribution in [0.15, 0.2) is 0 Å². The van der Waals surface area contributed by atoms with Crippen LogP contribution < -0.4 is 0 Å². The number of hydrogen-bond acceptors (Lipinski definition) is 0. The molecular weight excluding hydrogens is 310 g/mol. The molecule has 0 saturated carbocycles. The molecule has 0 saturated heterocycles. The van der Waals surface area contributed by atoms with Gasteiger partial charge in [0.05, 0.1) is 0 Å². The van der Waals surface area contributed by atoms with Gasteiger partial charge in [-0.1, -0.05) is 0 Å². The molecule has 3 heteroatoms. The van der Waals surface area contributed by atoms with Crippen LogP contribution in [0.5, 0.6) is 0 Å². The fraction of sp³-hybridized carbons (Fsp3) is 1.00. The quantitative estimate of drug-likeness (QED) is 0.424. The van der Waals surface area contributed by atoms with Gasteiger partial charge in [0.1, 0.15) is 0 Å². The Bertz CT molecular complexity index is 23.7. The summed E-state index contributed by atoms with van der Waals surface area (Å²) in [7, 11) is 0. The molecule has 0 rings (SSSR count). The van der Waals surface area contributed by atoms with Crippen LogP contribution in [0.25, 0.3) is 0 Å². The second-order valence-electron chi connectivity index (χ2n) is 1.30. The Labute approximate surface area is 65.0 Å². The Hall–Kier alpha value is 1.49. The topological polar surface area (TPSA) is 31.5 Å². The van der Waals surface area contributed by atoms with Gasteiger partial charge in [-0.05, 0) is 0 Å². The summed E-state index contributed by atoms with van der Waals surface area (Å²) < 4.78 is 1.59. The predicted molar refractivity (Wildman–Crippen MR) is 44.5 cm³/mol. The zero-order valence-electron chi connectivity index (χ0n) is 4.58.